The summed E-state index contributed by atoms with van der Waals surface area (Å²) in [5, 5.41) is 0.902. The summed E-state index contributed by atoms with van der Waals surface area (Å²) in [6.45, 7) is 0. The standard InChI is InChI=1S/C19H18N4O3S/c1-22(2)12-7-8-20-18-15(12)16-17(27-18)19(24)23(10-21-16)11-5-6-13(25-3)14(9-11)26-4/h5-10H,1-4H3. The summed E-state index contributed by atoms with van der Waals surface area (Å²) in [5.41, 5.74) is 2.18. The molecule has 7 nitrogen and oxygen atoms in total. The quantitative estimate of drug-likeness (QED) is 0.540. The summed E-state index contributed by atoms with van der Waals surface area (Å²) in [6, 6.07) is 7.25. The maximum atomic E-state index is 13.2. The zero-order valence-corrected chi connectivity index (χ0v) is 16.2. The maximum Gasteiger partial charge on any atom is 0.275 e. The number of ether oxygens (including phenoxy) is 2. The van der Waals surface area contributed by atoms with Crippen LogP contribution < -0.4 is 19.9 Å². The van der Waals surface area contributed by atoms with E-state index in [1.807, 2.05) is 25.1 Å². The molecular formula is C19H18N4O3S. The maximum absolute atomic E-state index is 13.2. The molecule has 0 saturated heterocycles. The van der Waals surface area contributed by atoms with Gasteiger partial charge in [0.2, 0.25) is 0 Å². The van der Waals surface area contributed by atoms with Gasteiger partial charge in [-0.05, 0) is 18.2 Å². The fourth-order valence-electron chi connectivity index (χ4n) is 3.07. The Morgan fingerprint density at radius 1 is 1.07 bits per heavy atom. The zero-order chi connectivity index (χ0) is 19.1. The first kappa shape index (κ1) is 17.3. The molecule has 1 aromatic carbocycles. The van der Waals surface area contributed by atoms with E-state index >= 15 is 0 Å². The Hall–Kier alpha value is -3.13. The van der Waals surface area contributed by atoms with Gasteiger partial charge in [0.05, 0.1) is 36.5 Å². The lowest BCUT2D eigenvalue weighted by Crippen LogP contribution is -2.18. The van der Waals surface area contributed by atoms with Gasteiger partial charge in [-0.15, -0.1) is 11.3 Å². The van der Waals surface area contributed by atoms with Gasteiger partial charge in [-0.1, -0.05) is 0 Å². The number of hydrogen-bond acceptors (Lipinski definition) is 7. The van der Waals surface area contributed by atoms with Gasteiger partial charge in [0.15, 0.2) is 11.5 Å². The molecule has 0 atom stereocenters. The number of fused-ring (bicyclic) bond motifs is 3. The molecular weight excluding hydrogens is 364 g/mol. The molecule has 0 bridgehead atoms. The van der Waals surface area contributed by atoms with Crippen LogP contribution in [0.5, 0.6) is 11.5 Å². The minimum Gasteiger partial charge on any atom is -0.493 e. The van der Waals surface area contributed by atoms with Crippen LogP contribution in [0, 0.1) is 0 Å². The average Bonchev–Trinajstić information content (AvgIpc) is 3.07. The van der Waals surface area contributed by atoms with Gasteiger partial charge in [0.1, 0.15) is 15.9 Å². The van der Waals surface area contributed by atoms with Gasteiger partial charge in [0, 0.05) is 26.4 Å². The predicted octanol–water partition coefficient (Wildman–Crippen LogP) is 3.08. The lowest BCUT2D eigenvalue weighted by Gasteiger charge is -2.13. The highest BCUT2D eigenvalue weighted by Crippen LogP contribution is 2.35. The van der Waals surface area contributed by atoms with Crippen molar-refractivity contribution in [1.82, 2.24) is 14.5 Å². The second kappa shape index (κ2) is 6.55. The SMILES string of the molecule is COc1ccc(-n2cnc3c(sc4nccc(N(C)C)c43)c2=O)cc1OC. The fraction of sp³-hybridized carbons (Fsp3) is 0.211. The number of thiophene rings is 1. The summed E-state index contributed by atoms with van der Waals surface area (Å²) in [6.07, 6.45) is 3.30. The summed E-state index contributed by atoms with van der Waals surface area (Å²) in [5.74, 6) is 1.15. The summed E-state index contributed by atoms with van der Waals surface area (Å²) in [7, 11) is 7.06. The molecule has 27 heavy (non-hydrogen) atoms. The van der Waals surface area contributed by atoms with Gasteiger partial charge in [0.25, 0.3) is 5.56 Å². The lowest BCUT2D eigenvalue weighted by atomic mass is 10.2. The number of rotatable bonds is 4. The highest BCUT2D eigenvalue weighted by atomic mass is 32.1. The molecule has 0 radical (unpaired) electrons. The summed E-state index contributed by atoms with van der Waals surface area (Å²) in [4.78, 5) is 25.0. The number of nitrogens with zero attached hydrogens (tertiary/aromatic N) is 4. The third-order valence-electron chi connectivity index (χ3n) is 4.39. The van der Waals surface area contributed by atoms with E-state index in [0.717, 1.165) is 15.9 Å². The minimum absolute atomic E-state index is 0.139. The highest BCUT2D eigenvalue weighted by Gasteiger charge is 2.17. The van der Waals surface area contributed by atoms with Crippen molar-refractivity contribution in [3.05, 3.63) is 47.1 Å². The van der Waals surface area contributed by atoms with Crippen molar-refractivity contribution in [2.45, 2.75) is 0 Å². The Balaban J connectivity index is 1.97. The molecule has 0 aliphatic heterocycles. The van der Waals surface area contributed by atoms with Gasteiger partial charge in [-0.3, -0.25) is 9.36 Å². The van der Waals surface area contributed by atoms with Crippen LogP contribution in [0.2, 0.25) is 0 Å². The van der Waals surface area contributed by atoms with Crippen molar-refractivity contribution < 1.29 is 9.47 Å². The van der Waals surface area contributed by atoms with E-state index in [9.17, 15) is 4.79 Å². The molecule has 4 rings (SSSR count). The lowest BCUT2D eigenvalue weighted by molar-refractivity contribution is 0.355. The topological polar surface area (TPSA) is 69.5 Å². The number of anilines is 1. The van der Waals surface area contributed by atoms with Crippen LogP contribution in [0.4, 0.5) is 5.69 Å². The van der Waals surface area contributed by atoms with Crippen LogP contribution >= 0.6 is 11.3 Å². The molecule has 4 aromatic rings. The molecule has 0 aliphatic rings. The van der Waals surface area contributed by atoms with E-state index in [-0.39, 0.29) is 5.56 Å². The molecule has 0 unspecified atom stereocenters. The molecule has 0 amide bonds. The monoisotopic (exact) mass is 382 g/mol. The van der Waals surface area contributed by atoms with E-state index in [0.29, 0.717) is 27.4 Å². The third kappa shape index (κ3) is 2.69. The van der Waals surface area contributed by atoms with Gasteiger partial charge >= 0.3 is 0 Å². The molecule has 0 fully saturated rings. The van der Waals surface area contributed by atoms with Crippen molar-refractivity contribution in [3.8, 4) is 17.2 Å². The van der Waals surface area contributed by atoms with Crippen molar-refractivity contribution in [3.63, 3.8) is 0 Å². The molecule has 0 aliphatic carbocycles. The number of hydrogen-bond donors (Lipinski definition) is 0. The Labute approximate surface area is 159 Å². The largest absolute Gasteiger partial charge is 0.493 e. The van der Waals surface area contributed by atoms with Gasteiger partial charge < -0.3 is 14.4 Å². The molecule has 0 spiro atoms. The normalized spacial score (nSPS) is 11.1. The molecule has 0 N–H and O–H groups in total. The first-order valence-electron chi connectivity index (χ1n) is 8.23. The summed E-state index contributed by atoms with van der Waals surface area (Å²) >= 11 is 1.36. The van der Waals surface area contributed by atoms with Crippen LogP contribution in [0.15, 0.2) is 41.6 Å². The number of pyridine rings is 1. The molecule has 138 valence electrons. The Morgan fingerprint density at radius 2 is 1.85 bits per heavy atom. The second-order valence-corrected chi connectivity index (χ2v) is 7.14. The number of aromatic nitrogens is 3. The minimum atomic E-state index is -0.139. The van der Waals surface area contributed by atoms with Crippen molar-refractivity contribution in [2.75, 3.05) is 33.2 Å². The second-order valence-electron chi connectivity index (χ2n) is 6.14. The van der Waals surface area contributed by atoms with Gasteiger partial charge in [-0.25, -0.2) is 9.97 Å². The van der Waals surface area contributed by atoms with Crippen LogP contribution in [-0.2, 0) is 0 Å². The Bertz CT molecular complexity index is 1210. The van der Waals surface area contributed by atoms with Gasteiger partial charge in [-0.2, -0.15) is 0 Å². The van der Waals surface area contributed by atoms with E-state index in [2.05, 4.69) is 9.97 Å². The van der Waals surface area contributed by atoms with Crippen molar-refractivity contribution >= 4 is 37.5 Å². The fourth-order valence-corrected chi connectivity index (χ4v) is 4.12. The highest BCUT2D eigenvalue weighted by molar-refractivity contribution is 7.25. The molecule has 8 heteroatoms. The van der Waals surface area contributed by atoms with Crippen LogP contribution in [0.3, 0.4) is 0 Å². The van der Waals surface area contributed by atoms with Crippen molar-refractivity contribution in [1.29, 1.82) is 0 Å². The van der Waals surface area contributed by atoms with E-state index in [1.165, 1.54) is 15.9 Å². The van der Waals surface area contributed by atoms with E-state index in [1.54, 1.807) is 44.9 Å². The predicted molar refractivity (Wildman–Crippen MR) is 108 cm³/mol. The van der Waals surface area contributed by atoms with E-state index in [4.69, 9.17) is 9.47 Å². The first-order chi connectivity index (χ1) is 13.0. The third-order valence-corrected chi connectivity index (χ3v) is 5.46. The zero-order valence-electron chi connectivity index (χ0n) is 15.4. The van der Waals surface area contributed by atoms with Crippen LogP contribution in [0.25, 0.3) is 26.1 Å². The Kier molecular flexibility index (Phi) is 4.19. The van der Waals surface area contributed by atoms with Crippen LogP contribution in [0.1, 0.15) is 0 Å². The first-order valence-corrected chi connectivity index (χ1v) is 9.05. The molecule has 3 aromatic heterocycles. The number of benzene rings is 1. The summed E-state index contributed by atoms with van der Waals surface area (Å²) < 4.78 is 12.7. The molecule has 0 saturated carbocycles. The average molecular weight is 382 g/mol. The van der Waals surface area contributed by atoms with Crippen molar-refractivity contribution in [2.24, 2.45) is 0 Å². The van der Waals surface area contributed by atoms with Crippen LogP contribution in [-0.4, -0.2) is 42.8 Å². The Morgan fingerprint density at radius 3 is 2.56 bits per heavy atom. The smallest absolute Gasteiger partial charge is 0.275 e. The van der Waals surface area contributed by atoms with E-state index < -0.39 is 0 Å². The molecule has 3 heterocycles. The number of methoxy groups -OCH3 is 2.